The minimum Gasteiger partial charge on any atom is -0.379 e. The maximum atomic E-state index is 13.1. The second-order valence-corrected chi connectivity index (χ2v) is 5.90. The maximum Gasteiger partial charge on any atom is 0.184 e. The molecule has 2 heterocycles. The van der Waals surface area contributed by atoms with Gasteiger partial charge in [-0.05, 0) is 19.2 Å². The smallest absolute Gasteiger partial charge is 0.184 e. The third kappa shape index (κ3) is 2.57. The van der Waals surface area contributed by atoms with E-state index in [9.17, 15) is 4.79 Å². The highest BCUT2D eigenvalue weighted by molar-refractivity contribution is 6.11. The van der Waals surface area contributed by atoms with Gasteiger partial charge in [0.15, 0.2) is 5.78 Å². The number of Topliss-reactive ketones (excluding diaryl/α,β-unsaturated/α-hetero) is 1. The lowest BCUT2D eigenvalue weighted by Crippen LogP contribution is -2.54. The van der Waals surface area contributed by atoms with E-state index >= 15 is 0 Å². The molecule has 0 radical (unpaired) electrons. The minimum absolute atomic E-state index is 0.119. The number of pyridine rings is 1. The maximum absolute atomic E-state index is 13.1. The highest BCUT2D eigenvalue weighted by atomic mass is 16.5. The summed E-state index contributed by atoms with van der Waals surface area (Å²) >= 11 is 0. The molecule has 0 amide bonds. The standard InChI is InChI=1S/C17H20N2O2/c1-17(2,19-7-9-21-10-8-19)16(20)15-12-18-11-13-5-3-4-6-14(13)15/h3-6,11-12H,7-10H2,1-2H3. The van der Waals surface area contributed by atoms with Gasteiger partial charge in [0.05, 0.1) is 18.8 Å². The molecule has 0 N–H and O–H groups in total. The number of aromatic nitrogens is 1. The van der Waals surface area contributed by atoms with Crippen LogP contribution < -0.4 is 0 Å². The first kappa shape index (κ1) is 14.2. The number of rotatable bonds is 3. The molecule has 0 spiro atoms. The Bertz CT molecular complexity index is 655. The third-order valence-electron chi connectivity index (χ3n) is 4.27. The van der Waals surface area contributed by atoms with Gasteiger partial charge in [-0.15, -0.1) is 0 Å². The largest absolute Gasteiger partial charge is 0.379 e. The number of benzene rings is 1. The summed E-state index contributed by atoms with van der Waals surface area (Å²) in [6.07, 6.45) is 3.49. The van der Waals surface area contributed by atoms with Gasteiger partial charge in [-0.2, -0.15) is 0 Å². The number of fused-ring (bicyclic) bond motifs is 1. The molecule has 1 fully saturated rings. The molecule has 0 bridgehead atoms. The molecule has 3 rings (SSSR count). The quantitative estimate of drug-likeness (QED) is 0.812. The average Bonchev–Trinajstić information content (AvgIpc) is 2.54. The average molecular weight is 284 g/mol. The van der Waals surface area contributed by atoms with E-state index in [2.05, 4.69) is 9.88 Å². The van der Waals surface area contributed by atoms with Gasteiger partial charge in [0.25, 0.3) is 0 Å². The van der Waals surface area contributed by atoms with Crippen molar-refractivity contribution in [3.63, 3.8) is 0 Å². The van der Waals surface area contributed by atoms with E-state index in [1.165, 1.54) is 0 Å². The van der Waals surface area contributed by atoms with Crippen LogP contribution in [0.4, 0.5) is 0 Å². The fraction of sp³-hybridized carbons (Fsp3) is 0.412. The lowest BCUT2D eigenvalue weighted by Gasteiger charge is -2.39. The Labute approximate surface area is 124 Å². The van der Waals surface area contributed by atoms with E-state index in [0.29, 0.717) is 18.8 Å². The van der Waals surface area contributed by atoms with E-state index in [4.69, 9.17) is 4.74 Å². The normalized spacial score (nSPS) is 17.0. The molecule has 4 heteroatoms. The SMILES string of the molecule is CC(C)(C(=O)c1cncc2ccccc12)N1CCOCC1. The summed E-state index contributed by atoms with van der Waals surface area (Å²) in [6, 6.07) is 7.90. The summed E-state index contributed by atoms with van der Waals surface area (Å²) in [7, 11) is 0. The first-order valence-electron chi connectivity index (χ1n) is 7.31. The predicted octanol–water partition coefficient (Wildman–Crippen LogP) is 2.53. The van der Waals surface area contributed by atoms with Crippen LogP contribution >= 0.6 is 0 Å². The van der Waals surface area contributed by atoms with Gasteiger partial charge in [0, 0.05) is 36.4 Å². The Morgan fingerprint density at radius 2 is 1.90 bits per heavy atom. The zero-order valence-corrected chi connectivity index (χ0v) is 12.5. The van der Waals surface area contributed by atoms with Crippen molar-refractivity contribution in [2.45, 2.75) is 19.4 Å². The molecule has 0 atom stereocenters. The Morgan fingerprint density at radius 1 is 1.19 bits per heavy atom. The third-order valence-corrected chi connectivity index (χ3v) is 4.27. The molecule has 2 aromatic rings. The number of nitrogens with zero attached hydrogens (tertiary/aromatic N) is 2. The van der Waals surface area contributed by atoms with Crippen LogP contribution in [0.25, 0.3) is 10.8 Å². The van der Waals surface area contributed by atoms with Gasteiger partial charge in [0.1, 0.15) is 0 Å². The van der Waals surface area contributed by atoms with Gasteiger partial charge < -0.3 is 4.74 Å². The first-order valence-corrected chi connectivity index (χ1v) is 7.31. The number of carbonyl (C=O) groups is 1. The van der Waals surface area contributed by atoms with E-state index < -0.39 is 5.54 Å². The lowest BCUT2D eigenvalue weighted by molar-refractivity contribution is -0.00424. The van der Waals surface area contributed by atoms with Crippen molar-refractivity contribution in [1.29, 1.82) is 0 Å². The van der Waals surface area contributed by atoms with Gasteiger partial charge in [-0.3, -0.25) is 14.7 Å². The zero-order chi connectivity index (χ0) is 14.9. The molecule has 21 heavy (non-hydrogen) atoms. The zero-order valence-electron chi connectivity index (χ0n) is 12.5. The summed E-state index contributed by atoms with van der Waals surface area (Å²) in [6.45, 7) is 6.92. The molecular formula is C17H20N2O2. The van der Waals surface area contributed by atoms with Gasteiger partial charge in [-0.1, -0.05) is 24.3 Å². The first-order chi connectivity index (χ1) is 10.1. The molecule has 0 aliphatic carbocycles. The van der Waals surface area contributed by atoms with Crippen molar-refractivity contribution in [2.24, 2.45) is 0 Å². The van der Waals surface area contributed by atoms with Crippen molar-refractivity contribution in [3.05, 3.63) is 42.2 Å². The Kier molecular flexibility index (Phi) is 3.74. The van der Waals surface area contributed by atoms with Gasteiger partial charge in [-0.25, -0.2) is 0 Å². The van der Waals surface area contributed by atoms with E-state index in [0.717, 1.165) is 23.9 Å². The van der Waals surface area contributed by atoms with E-state index in [-0.39, 0.29) is 5.78 Å². The second kappa shape index (κ2) is 5.54. The molecule has 1 aromatic heterocycles. The highest BCUT2D eigenvalue weighted by Crippen LogP contribution is 2.26. The second-order valence-electron chi connectivity index (χ2n) is 5.90. The Morgan fingerprint density at radius 3 is 2.67 bits per heavy atom. The number of carbonyl (C=O) groups excluding carboxylic acids is 1. The molecule has 1 aromatic carbocycles. The van der Waals surface area contributed by atoms with Crippen molar-refractivity contribution in [1.82, 2.24) is 9.88 Å². The molecular weight excluding hydrogens is 264 g/mol. The summed E-state index contributed by atoms with van der Waals surface area (Å²) in [5, 5.41) is 1.97. The van der Waals surface area contributed by atoms with Crippen LogP contribution in [0.1, 0.15) is 24.2 Å². The summed E-state index contributed by atoms with van der Waals surface area (Å²) in [5.74, 6) is 0.119. The van der Waals surface area contributed by atoms with Crippen LogP contribution in [-0.2, 0) is 4.74 Å². The molecule has 110 valence electrons. The van der Waals surface area contributed by atoms with Crippen LogP contribution in [0.15, 0.2) is 36.7 Å². The number of hydrogen-bond acceptors (Lipinski definition) is 4. The monoisotopic (exact) mass is 284 g/mol. The highest BCUT2D eigenvalue weighted by Gasteiger charge is 2.36. The fourth-order valence-corrected chi connectivity index (χ4v) is 2.89. The molecule has 1 aliphatic heterocycles. The van der Waals surface area contributed by atoms with E-state index in [1.54, 1.807) is 12.4 Å². The molecule has 1 saturated heterocycles. The van der Waals surface area contributed by atoms with E-state index in [1.807, 2.05) is 38.1 Å². The number of ketones is 1. The lowest BCUT2D eigenvalue weighted by atomic mass is 9.89. The predicted molar refractivity (Wildman–Crippen MR) is 82.5 cm³/mol. The fourth-order valence-electron chi connectivity index (χ4n) is 2.89. The van der Waals surface area contributed by atoms with Gasteiger partial charge in [0.2, 0.25) is 0 Å². The van der Waals surface area contributed by atoms with Crippen LogP contribution in [0.3, 0.4) is 0 Å². The summed E-state index contributed by atoms with van der Waals surface area (Å²) in [4.78, 5) is 19.5. The van der Waals surface area contributed by atoms with Crippen molar-refractivity contribution in [2.75, 3.05) is 26.3 Å². The van der Waals surface area contributed by atoms with Gasteiger partial charge >= 0.3 is 0 Å². The topological polar surface area (TPSA) is 42.4 Å². The molecule has 1 aliphatic rings. The van der Waals surface area contributed by atoms with Crippen molar-refractivity contribution in [3.8, 4) is 0 Å². The Balaban J connectivity index is 1.99. The van der Waals surface area contributed by atoms with Crippen LogP contribution in [0, 0.1) is 0 Å². The number of hydrogen-bond donors (Lipinski definition) is 0. The molecule has 0 saturated carbocycles. The van der Waals surface area contributed by atoms with Crippen LogP contribution in [-0.4, -0.2) is 47.5 Å². The minimum atomic E-state index is -0.546. The van der Waals surface area contributed by atoms with Crippen molar-refractivity contribution < 1.29 is 9.53 Å². The Hall–Kier alpha value is -1.78. The molecule has 4 nitrogen and oxygen atoms in total. The van der Waals surface area contributed by atoms with Crippen LogP contribution in [0.2, 0.25) is 0 Å². The molecule has 0 unspecified atom stereocenters. The summed E-state index contributed by atoms with van der Waals surface area (Å²) < 4.78 is 5.39. The number of morpholine rings is 1. The number of ether oxygens (including phenoxy) is 1. The summed E-state index contributed by atoms with van der Waals surface area (Å²) in [5.41, 5.74) is 0.153. The van der Waals surface area contributed by atoms with Crippen molar-refractivity contribution >= 4 is 16.6 Å². The van der Waals surface area contributed by atoms with Crippen LogP contribution in [0.5, 0.6) is 0 Å².